The number of fused-ring (bicyclic) bond motifs is 1. The normalized spacial score (nSPS) is 16.9. The van der Waals surface area contributed by atoms with Gasteiger partial charge in [-0.25, -0.2) is 4.98 Å². The molecule has 1 aromatic carbocycles. The lowest BCUT2D eigenvalue weighted by Gasteiger charge is -2.32. The first kappa shape index (κ1) is 19.2. The number of aryl methyl sites for hydroxylation is 2. The molecule has 4 rings (SSSR count). The number of aromatic nitrogens is 2. The summed E-state index contributed by atoms with van der Waals surface area (Å²) >= 11 is 0. The predicted octanol–water partition coefficient (Wildman–Crippen LogP) is 2.98. The van der Waals surface area contributed by atoms with Crippen molar-refractivity contribution in [2.45, 2.75) is 33.1 Å². The molecule has 1 aliphatic heterocycles. The molecular formula is C22H26N4O3. The first-order valence-electron chi connectivity index (χ1n) is 10.1. The predicted molar refractivity (Wildman–Crippen MR) is 110 cm³/mol. The van der Waals surface area contributed by atoms with E-state index in [0.717, 1.165) is 29.3 Å². The molecular weight excluding hydrogens is 368 g/mol. The van der Waals surface area contributed by atoms with Crippen molar-refractivity contribution in [3.05, 3.63) is 53.4 Å². The van der Waals surface area contributed by atoms with E-state index in [1.165, 1.54) is 0 Å². The SMILES string of the molecule is Cc1nc(C)c(C(=O)N2CCCC(CNC(=O)Cc3c[nH]c4ccccc34)C2)o1. The maximum Gasteiger partial charge on any atom is 0.291 e. The van der Waals surface area contributed by atoms with Crippen LogP contribution < -0.4 is 5.32 Å². The lowest BCUT2D eigenvalue weighted by Crippen LogP contribution is -2.44. The molecule has 0 aliphatic carbocycles. The molecule has 2 aromatic heterocycles. The minimum Gasteiger partial charge on any atom is -0.436 e. The van der Waals surface area contributed by atoms with E-state index in [-0.39, 0.29) is 17.7 Å². The van der Waals surface area contributed by atoms with Gasteiger partial charge in [0.25, 0.3) is 5.91 Å². The zero-order valence-electron chi connectivity index (χ0n) is 16.8. The molecule has 152 valence electrons. The van der Waals surface area contributed by atoms with Crippen LogP contribution in [0.1, 0.15) is 40.5 Å². The molecule has 2 N–H and O–H groups in total. The van der Waals surface area contributed by atoms with Crippen molar-refractivity contribution in [2.24, 2.45) is 5.92 Å². The van der Waals surface area contributed by atoms with Gasteiger partial charge in [-0.3, -0.25) is 9.59 Å². The molecule has 0 saturated carbocycles. The highest BCUT2D eigenvalue weighted by molar-refractivity contribution is 5.92. The van der Waals surface area contributed by atoms with E-state index >= 15 is 0 Å². The number of hydrogen-bond acceptors (Lipinski definition) is 4. The number of piperidine rings is 1. The van der Waals surface area contributed by atoms with Crippen LogP contribution in [0.3, 0.4) is 0 Å². The minimum atomic E-state index is -0.113. The van der Waals surface area contributed by atoms with Crippen molar-refractivity contribution in [3.8, 4) is 0 Å². The fraction of sp³-hybridized carbons (Fsp3) is 0.409. The molecule has 7 nitrogen and oxygen atoms in total. The maximum atomic E-state index is 12.8. The molecule has 3 aromatic rings. The number of oxazole rings is 1. The van der Waals surface area contributed by atoms with Gasteiger partial charge in [0.2, 0.25) is 11.7 Å². The van der Waals surface area contributed by atoms with Crippen LogP contribution in [0.15, 0.2) is 34.9 Å². The van der Waals surface area contributed by atoms with Gasteiger partial charge in [0.1, 0.15) is 0 Å². The molecule has 0 radical (unpaired) electrons. The Morgan fingerprint density at radius 3 is 2.93 bits per heavy atom. The Kier molecular flexibility index (Phi) is 5.38. The van der Waals surface area contributed by atoms with E-state index in [1.807, 2.05) is 35.4 Å². The first-order valence-corrected chi connectivity index (χ1v) is 10.1. The lowest BCUT2D eigenvalue weighted by atomic mass is 9.97. The average molecular weight is 394 g/mol. The maximum absolute atomic E-state index is 12.8. The zero-order chi connectivity index (χ0) is 20.4. The average Bonchev–Trinajstić information content (AvgIpc) is 3.28. The number of nitrogens with zero attached hydrogens (tertiary/aromatic N) is 2. The fourth-order valence-electron chi connectivity index (χ4n) is 4.06. The van der Waals surface area contributed by atoms with Crippen LogP contribution in [0.2, 0.25) is 0 Å². The highest BCUT2D eigenvalue weighted by Gasteiger charge is 2.28. The molecule has 1 aliphatic rings. The second-order valence-electron chi connectivity index (χ2n) is 7.75. The topological polar surface area (TPSA) is 91.2 Å². The molecule has 1 saturated heterocycles. The zero-order valence-corrected chi connectivity index (χ0v) is 16.8. The van der Waals surface area contributed by atoms with Crippen LogP contribution in [0.4, 0.5) is 0 Å². The second-order valence-corrected chi connectivity index (χ2v) is 7.75. The Balaban J connectivity index is 1.32. The van der Waals surface area contributed by atoms with Crippen molar-refractivity contribution < 1.29 is 14.0 Å². The number of benzene rings is 1. The summed E-state index contributed by atoms with van der Waals surface area (Å²) < 4.78 is 5.48. The molecule has 7 heteroatoms. The van der Waals surface area contributed by atoms with E-state index in [0.29, 0.717) is 43.4 Å². The van der Waals surface area contributed by atoms with Crippen LogP contribution in [0.25, 0.3) is 10.9 Å². The molecule has 1 fully saturated rings. The van der Waals surface area contributed by atoms with E-state index in [9.17, 15) is 9.59 Å². The smallest absolute Gasteiger partial charge is 0.291 e. The van der Waals surface area contributed by atoms with Crippen molar-refractivity contribution in [2.75, 3.05) is 19.6 Å². The van der Waals surface area contributed by atoms with Crippen LogP contribution in [-0.2, 0) is 11.2 Å². The first-order chi connectivity index (χ1) is 14.0. The Morgan fingerprint density at radius 1 is 1.31 bits per heavy atom. The molecule has 3 heterocycles. The Labute approximate surface area is 169 Å². The Bertz CT molecular complexity index is 1040. The molecule has 1 unspecified atom stereocenters. The second kappa shape index (κ2) is 8.11. The van der Waals surface area contributed by atoms with Crippen LogP contribution in [-0.4, -0.2) is 46.3 Å². The minimum absolute atomic E-state index is 0.0000862. The van der Waals surface area contributed by atoms with E-state index in [2.05, 4.69) is 15.3 Å². The van der Waals surface area contributed by atoms with E-state index in [4.69, 9.17) is 4.42 Å². The van der Waals surface area contributed by atoms with Crippen molar-refractivity contribution in [1.82, 2.24) is 20.2 Å². The van der Waals surface area contributed by atoms with E-state index < -0.39 is 0 Å². The summed E-state index contributed by atoms with van der Waals surface area (Å²) in [5, 5.41) is 4.12. The highest BCUT2D eigenvalue weighted by atomic mass is 16.4. The van der Waals surface area contributed by atoms with Gasteiger partial charge in [-0.15, -0.1) is 0 Å². The Morgan fingerprint density at radius 2 is 2.14 bits per heavy atom. The largest absolute Gasteiger partial charge is 0.436 e. The number of amides is 2. The van der Waals surface area contributed by atoms with Gasteiger partial charge >= 0.3 is 0 Å². The number of para-hydroxylation sites is 1. The monoisotopic (exact) mass is 394 g/mol. The third-order valence-corrected chi connectivity index (χ3v) is 5.52. The number of H-pyrrole nitrogens is 1. The van der Waals surface area contributed by atoms with Crippen LogP contribution in [0, 0.1) is 19.8 Å². The van der Waals surface area contributed by atoms with Crippen molar-refractivity contribution in [3.63, 3.8) is 0 Å². The summed E-state index contributed by atoms with van der Waals surface area (Å²) in [6, 6.07) is 7.97. The summed E-state index contributed by atoms with van der Waals surface area (Å²) in [6.45, 7) is 5.42. The summed E-state index contributed by atoms with van der Waals surface area (Å²) in [4.78, 5) is 34.4. The van der Waals surface area contributed by atoms with Crippen molar-refractivity contribution >= 4 is 22.7 Å². The van der Waals surface area contributed by atoms with E-state index in [1.54, 1.807) is 13.8 Å². The van der Waals surface area contributed by atoms with Crippen LogP contribution >= 0.6 is 0 Å². The molecule has 2 amide bonds. The number of hydrogen-bond donors (Lipinski definition) is 2. The highest BCUT2D eigenvalue weighted by Crippen LogP contribution is 2.21. The number of likely N-dealkylation sites (tertiary alicyclic amines) is 1. The lowest BCUT2D eigenvalue weighted by molar-refractivity contribution is -0.120. The Hall–Kier alpha value is -3.09. The number of nitrogens with one attached hydrogen (secondary N) is 2. The van der Waals surface area contributed by atoms with Gasteiger partial charge in [-0.1, -0.05) is 18.2 Å². The molecule has 0 spiro atoms. The fourth-order valence-corrected chi connectivity index (χ4v) is 4.06. The molecule has 1 atom stereocenters. The standard InChI is InChI=1S/C22H26N4O3/c1-14-21(29-15(2)25-14)22(28)26-9-5-6-16(13-26)11-24-20(27)10-17-12-23-19-8-4-3-7-18(17)19/h3-4,7-8,12,16,23H,5-6,9-11,13H2,1-2H3,(H,24,27). The van der Waals surface area contributed by atoms with Gasteiger partial charge in [0, 0.05) is 43.7 Å². The molecule has 29 heavy (non-hydrogen) atoms. The third-order valence-electron chi connectivity index (χ3n) is 5.52. The summed E-state index contributed by atoms with van der Waals surface area (Å²) in [7, 11) is 0. The number of aromatic amines is 1. The number of carbonyl (C=O) groups is 2. The quantitative estimate of drug-likeness (QED) is 0.696. The summed E-state index contributed by atoms with van der Waals surface area (Å²) in [6.07, 6.45) is 4.15. The van der Waals surface area contributed by atoms with Gasteiger partial charge in [-0.05, 0) is 37.3 Å². The summed E-state index contributed by atoms with van der Waals surface area (Å²) in [5.41, 5.74) is 2.66. The number of carbonyl (C=O) groups excluding carboxylic acids is 2. The summed E-state index contributed by atoms with van der Waals surface area (Å²) in [5.74, 6) is 0.956. The van der Waals surface area contributed by atoms with Gasteiger partial charge in [0.15, 0.2) is 5.89 Å². The number of rotatable bonds is 5. The van der Waals surface area contributed by atoms with Gasteiger partial charge in [-0.2, -0.15) is 0 Å². The van der Waals surface area contributed by atoms with Crippen molar-refractivity contribution in [1.29, 1.82) is 0 Å². The molecule has 0 bridgehead atoms. The van der Waals surface area contributed by atoms with Gasteiger partial charge < -0.3 is 19.6 Å². The third kappa shape index (κ3) is 4.18. The van der Waals surface area contributed by atoms with Crippen LogP contribution in [0.5, 0.6) is 0 Å². The van der Waals surface area contributed by atoms with Gasteiger partial charge in [0.05, 0.1) is 12.1 Å².